The van der Waals surface area contributed by atoms with E-state index in [0.717, 1.165) is 42.6 Å². The van der Waals surface area contributed by atoms with Crippen LogP contribution in [0.4, 0.5) is 13.2 Å². The molecule has 190 valence electrons. The summed E-state index contributed by atoms with van der Waals surface area (Å²) < 4.78 is 48.8. The van der Waals surface area contributed by atoms with Gasteiger partial charge in [-0.1, -0.05) is 42.6 Å². The van der Waals surface area contributed by atoms with Gasteiger partial charge in [0, 0.05) is 0 Å². The van der Waals surface area contributed by atoms with Crippen LogP contribution >= 0.6 is 0 Å². The Kier molecular flexibility index (Phi) is 8.97. The van der Waals surface area contributed by atoms with Crippen molar-refractivity contribution in [3.63, 3.8) is 0 Å². The maximum Gasteiger partial charge on any atom is 0.201 e. The number of allylic oxidation sites excluding steroid dienone is 2. The van der Waals surface area contributed by atoms with E-state index >= 15 is 0 Å². The number of benzene rings is 2. The maximum absolute atomic E-state index is 14.9. The second-order valence-corrected chi connectivity index (χ2v) is 10.2. The Labute approximate surface area is 213 Å². The number of ether oxygens (including phenoxy) is 1. The molecule has 0 radical (unpaired) electrons. The Hall–Kier alpha value is -2.93. The summed E-state index contributed by atoms with van der Waals surface area (Å²) in [7, 11) is 0. The fraction of sp³-hybridized carbons (Fsp3) is 0.438. The number of halogens is 3. The van der Waals surface area contributed by atoms with Gasteiger partial charge >= 0.3 is 0 Å². The van der Waals surface area contributed by atoms with Crippen molar-refractivity contribution in [2.75, 3.05) is 6.61 Å². The quantitative estimate of drug-likeness (QED) is 0.277. The smallest absolute Gasteiger partial charge is 0.201 e. The lowest BCUT2D eigenvalue weighted by atomic mass is 9.63. The lowest BCUT2D eigenvalue weighted by molar-refractivity contribution is 0.115. The van der Waals surface area contributed by atoms with E-state index in [2.05, 4.69) is 18.4 Å². The van der Waals surface area contributed by atoms with Crippen LogP contribution in [0.3, 0.4) is 0 Å². The van der Waals surface area contributed by atoms with Gasteiger partial charge in [-0.3, -0.25) is 0 Å². The molecule has 2 aromatic carbocycles. The molecule has 0 aromatic heterocycles. The predicted octanol–water partition coefficient (Wildman–Crippen LogP) is 8.72. The molecule has 2 aliphatic rings. The molecule has 2 fully saturated rings. The van der Waals surface area contributed by atoms with Crippen LogP contribution in [0.1, 0.15) is 80.9 Å². The molecule has 0 aliphatic heterocycles. The van der Waals surface area contributed by atoms with Gasteiger partial charge in [-0.15, -0.1) is 6.58 Å². The maximum atomic E-state index is 14.9. The average molecular weight is 493 g/mol. The summed E-state index contributed by atoms with van der Waals surface area (Å²) in [4.78, 5) is 0. The number of rotatable bonds is 7. The van der Waals surface area contributed by atoms with Crippen LogP contribution < -0.4 is 4.74 Å². The normalized spacial score (nSPS) is 23.6. The van der Waals surface area contributed by atoms with E-state index < -0.39 is 17.5 Å². The molecule has 4 atom stereocenters. The molecule has 0 saturated heterocycles. The zero-order chi connectivity index (χ0) is 25.5. The number of fused-ring (bicyclic) bond motifs is 1. The van der Waals surface area contributed by atoms with Crippen molar-refractivity contribution in [1.82, 2.24) is 0 Å². The van der Waals surface area contributed by atoms with Crippen molar-refractivity contribution in [2.24, 2.45) is 17.8 Å². The highest BCUT2D eigenvalue weighted by Crippen LogP contribution is 2.48. The minimum atomic E-state index is -1.09. The SMILES string of the molecule is C=CCCC1CCC2CC(c3ccc(C#Cc4ccc(OC/C=C/C)c(F)c4F)c(F)c3)CCC2C1. The molecule has 2 aliphatic carbocycles. The molecule has 0 bridgehead atoms. The topological polar surface area (TPSA) is 9.23 Å². The third kappa shape index (κ3) is 6.25. The van der Waals surface area contributed by atoms with Crippen LogP contribution in [0, 0.1) is 47.0 Å². The third-order valence-corrected chi connectivity index (χ3v) is 7.91. The van der Waals surface area contributed by atoms with Crippen molar-refractivity contribution in [3.8, 4) is 17.6 Å². The molecule has 4 heteroatoms. The Bertz CT molecular complexity index is 1160. The zero-order valence-electron chi connectivity index (χ0n) is 21.0. The Morgan fingerprint density at radius 3 is 2.47 bits per heavy atom. The lowest BCUT2D eigenvalue weighted by Crippen LogP contribution is -2.30. The first-order valence-corrected chi connectivity index (χ1v) is 13.1. The molecule has 1 nitrogen and oxygen atoms in total. The molecule has 2 aromatic rings. The summed E-state index contributed by atoms with van der Waals surface area (Å²) in [6.07, 6.45) is 15.2. The number of hydrogen-bond acceptors (Lipinski definition) is 1. The Morgan fingerprint density at radius 2 is 1.69 bits per heavy atom. The van der Waals surface area contributed by atoms with Crippen molar-refractivity contribution in [2.45, 2.75) is 64.2 Å². The van der Waals surface area contributed by atoms with E-state index in [4.69, 9.17) is 4.74 Å². The Balaban J connectivity index is 1.41. The van der Waals surface area contributed by atoms with E-state index in [0.29, 0.717) is 5.92 Å². The minimum absolute atomic E-state index is 0.128. The molecule has 36 heavy (non-hydrogen) atoms. The van der Waals surface area contributed by atoms with Gasteiger partial charge in [0.2, 0.25) is 5.82 Å². The van der Waals surface area contributed by atoms with E-state index in [1.807, 2.05) is 19.1 Å². The van der Waals surface area contributed by atoms with Gasteiger partial charge in [-0.2, -0.15) is 4.39 Å². The monoisotopic (exact) mass is 492 g/mol. The largest absolute Gasteiger partial charge is 0.486 e. The highest BCUT2D eigenvalue weighted by atomic mass is 19.2. The van der Waals surface area contributed by atoms with Gasteiger partial charge in [-0.25, -0.2) is 8.78 Å². The summed E-state index contributed by atoms with van der Waals surface area (Å²) in [6, 6.07) is 7.89. The van der Waals surface area contributed by atoms with Gasteiger partial charge in [0.25, 0.3) is 0 Å². The molecular formula is C32H35F3O. The summed E-state index contributed by atoms with van der Waals surface area (Å²) >= 11 is 0. The standard InChI is InChI=1S/C32H35F3O/c1-3-5-7-22-8-9-26-20-27(15-14-25(26)19-22)28-13-11-23(29(33)21-28)10-12-24-16-17-30(32(35)31(24)34)36-18-6-4-2/h3-4,6,11,13,16-17,21-22,25-27H,1,5,7-9,14-15,18-20H2,2H3/b6-4+. The molecule has 4 rings (SSSR count). The first-order valence-electron chi connectivity index (χ1n) is 13.1. The molecule has 2 saturated carbocycles. The van der Waals surface area contributed by atoms with E-state index in [-0.39, 0.29) is 23.5 Å². The van der Waals surface area contributed by atoms with E-state index in [1.165, 1.54) is 44.2 Å². The molecule has 0 spiro atoms. The highest BCUT2D eigenvalue weighted by molar-refractivity contribution is 5.47. The lowest BCUT2D eigenvalue weighted by Gasteiger charge is -2.42. The van der Waals surface area contributed by atoms with E-state index in [9.17, 15) is 13.2 Å². The Morgan fingerprint density at radius 1 is 0.944 bits per heavy atom. The minimum Gasteiger partial charge on any atom is -0.486 e. The second-order valence-electron chi connectivity index (χ2n) is 10.2. The van der Waals surface area contributed by atoms with Crippen LogP contribution in [-0.2, 0) is 0 Å². The third-order valence-electron chi connectivity index (χ3n) is 7.91. The van der Waals surface area contributed by atoms with Crippen molar-refractivity contribution >= 4 is 0 Å². The van der Waals surface area contributed by atoms with Crippen LogP contribution in [0.25, 0.3) is 0 Å². The predicted molar refractivity (Wildman–Crippen MR) is 139 cm³/mol. The second kappa shape index (κ2) is 12.3. The van der Waals surface area contributed by atoms with Crippen LogP contribution in [-0.4, -0.2) is 6.61 Å². The van der Waals surface area contributed by atoms with Gasteiger partial charge in [-0.05, 0) is 105 Å². The molecular weight excluding hydrogens is 457 g/mol. The molecule has 4 unspecified atom stereocenters. The summed E-state index contributed by atoms with van der Waals surface area (Å²) in [5, 5.41) is 0. The summed E-state index contributed by atoms with van der Waals surface area (Å²) in [6.45, 7) is 5.81. The van der Waals surface area contributed by atoms with Gasteiger partial charge in [0.15, 0.2) is 11.6 Å². The fourth-order valence-electron chi connectivity index (χ4n) is 5.90. The van der Waals surface area contributed by atoms with Crippen molar-refractivity contribution < 1.29 is 17.9 Å². The van der Waals surface area contributed by atoms with Gasteiger partial charge in [0.1, 0.15) is 12.4 Å². The first kappa shape index (κ1) is 26.1. The van der Waals surface area contributed by atoms with Crippen LogP contribution in [0.5, 0.6) is 5.75 Å². The van der Waals surface area contributed by atoms with Crippen molar-refractivity contribution in [1.29, 1.82) is 0 Å². The fourth-order valence-corrected chi connectivity index (χ4v) is 5.90. The highest BCUT2D eigenvalue weighted by Gasteiger charge is 2.35. The van der Waals surface area contributed by atoms with Crippen LogP contribution in [0.2, 0.25) is 0 Å². The average Bonchev–Trinajstić information content (AvgIpc) is 2.89. The summed E-state index contributed by atoms with van der Waals surface area (Å²) in [5.74, 6) is 5.22. The molecule has 0 amide bonds. The van der Waals surface area contributed by atoms with E-state index in [1.54, 1.807) is 24.3 Å². The van der Waals surface area contributed by atoms with Crippen molar-refractivity contribution in [3.05, 3.63) is 89.3 Å². The number of hydrogen-bond donors (Lipinski definition) is 0. The molecule has 0 heterocycles. The van der Waals surface area contributed by atoms with Gasteiger partial charge < -0.3 is 4.74 Å². The van der Waals surface area contributed by atoms with Gasteiger partial charge in [0.05, 0.1) is 11.1 Å². The first-order chi connectivity index (χ1) is 17.5. The molecule has 0 N–H and O–H groups in total. The van der Waals surface area contributed by atoms with Crippen LogP contribution in [0.15, 0.2) is 55.1 Å². The summed E-state index contributed by atoms with van der Waals surface area (Å²) in [5.41, 5.74) is 1.07. The zero-order valence-corrected chi connectivity index (χ0v) is 21.0.